The fourth-order valence-electron chi connectivity index (χ4n) is 7.67. The van der Waals surface area contributed by atoms with Gasteiger partial charge in [-0.1, -0.05) is 97.1 Å². The van der Waals surface area contributed by atoms with Crippen LogP contribution in [0.1, 0.15) is 102 Å². The molecular formula is C45H56F2N4O5S2. The molecule has 2 fully saturated rings. The van der Waals surface area contributed by atoms with Gasteiger partial charge >= 0.3 is 6.03 Å². The van der Waals surface area contributed by atoms with E-state index in [0.717, 1.165) is 59.1 Å². The summed E-state index contributed by atoms with van der Waals surface area (Å²) in [6.07, 6.45) is 3.57. The van der Waals surface area contributed by atoms with Crippen LogP contribution in [-0.4, -0.2) is 69.3 Å². The van der Waals surface area contributed by atoms with Crippen LogP contribution >= 0.6 is 0 Å². The van der Waals surface area contributed by atoms with Crippen LogP contribution in [0.3, 0.4) is 0 Å². The van der Waals surface area contributed by atoms with Crippen LogP contribution in [0.25, 0.3) is 22.3 Å². The van der Waals surface area contributed by atoms with Crippen LogP contribution in [0.5, 0.6) is 0 Å². The molecule has 0 aliphatic carbocycles. The molecule has 0 aromatic heterocycles. The predicted octanol–water partition coefficient (Wildman–Crippen LogP) is 9.14. The van der Waals surface area contributed by atoms with Gasteiger partial charge in [0.2, 0.25) is 20.0 Å². The number of alkyl halides is 2. The molecule has 4 atom stereocenters. The van der Waals surface area contributed by atoms with Gasteiger partial charge in [0.1, 0.15) is 11.3 Å². The molecule has 312 valence electrons. The highest BCUT2D eigenvalue weighted by Gasteiger charge is 2.38. The van der Waals surface area contributed by atoms with Crippen LogP contribution in [-0.2, 0) is 31.4 Å². The first kappa shape index (κ1) is 43.4. The highest BCUT2D eigenvalue weighted by atomic mass is 32.2. The Kier molecular flexibility index (Phi) is 12.9. The molecule has 2 saturated heterocycles. The van der Waals surface area contributed by atoms with Crippen molar-refractivity contribution in [2.45, 2.75) is 101 Å². The van der Waals surface area contributed by atoms with Gasteiger partial charge in [-0.25, -0.2) is 39.9 Å². The third kappa shape index (κ3) is 9.65. The molecule has 9 nitrogen and oxygen atoms in total. The molecule has 4 aromatic carbocycles. The number of sulfonamides is 2. The van der Waals surface area contributed by atoms with Gasteiger partial charge in [0, 0.05) is 26.2 Å². The van der Waals surface area contributed by atoms with Crippen LogP contribution in [0.2, 0.25) is 0 Å². The first-order valence-corrected chi connectivity index (χ1v) is 23.2. The van der Waals surface area contributed by atoms with E-state index in [4.69, 9.17) is 0 Å². The second kappa shape index (κ2) is 17.2. The van der Waals surface area contributed by atoms with Gasteiger partial charge in [-0.05, 0) is 112 Å². The molecule has 4 unspecified atom stereocenters. The van der Waals surface area contributed by atoms with Gasteiger partial charge in [0.25, 0.3) is 0 Å². The van der Waals surface area contributed by atoms with Crippen molar-refractivity contribution in [3.8, 4) is 22.3 Å². The Morgan fingerprint density at radius 3 is 1.17 bits per heavy atom. The Morgan fingerprint density at radius 1 is 0.586 bits per heavy atom. The monoisotopic (exact) mass is 834 g/mol. The molecule has 2 aliphatic heterocycles. The number of rotatable bonds is 14. The maximum Gasteiger partial charge on any atom is 0.321 e. The molecule has 6 rings (SSSR count). The lowest BCUT2D eigenvalue weighted by atomic mass is 9.94. The molecule has 0 spiro atoms. The molecule has 13 heteroatoms. The minimum Gasteiger partial charge on any atom is -0.318 e. The number of urea groups is 1. The second-order valence-electron chi connectivity index (χ2n) is 16.6. The van der Waals surface area contributed by atoms with E-state index in [2.05, 4.69) is 33.7 Å². The van der Waals surface area contributed by atoms with Crippen molar-refractivity contribution in [2.24, 2.45) is 0 Å². The number of nitrogens with zero attached hydrogens (tertiary/aromatic N) is 2. The summed E-state index contributed by atoms with van der Waals surface area (Å²) in [5, 5.41) is -1.30. The van der Waals surface area contributed by atoms with Crippen LogP contribution in [0.4, 0.5) is 13.6 Å². The fraction of sp³-hybridized carbons (Fsp3) is 0.444. The average Bonchev–Trinajstić information content (AvgIpc) is 3.91. The summed E-state index contributed by atoms with van der Waals surface area (Å²) in [7, 11) is -7.18. The molecular weight excluding hydrogens is 779 g/mol. The van der Waals surface area contributed by atoms with Crippen LogP contribution < -0.4 is 9.44 Å². The average molecular weight is 835 g/mol. The number of hydrogen-bond donors (Lipinski definition) is 2. The quantitative estimate of drug-likeness (QED) is 0.132. The third-order valence-corrected chi connectivity index (χ3v) is 15.3. The predicted molar refractivity (Wildman–Crippen MR) is 228 cm³/mol. The minimum atomic E-state index is -3.59. The van der Waals surface area contributed by atoms with E-state index in [9.17, 15) is 21.6 Å². The zero-order valence-corrected chi connectivity index (χ0v) is 35.8. The normalized spacial score (nSPS) is 19.8. The Balaban J connectivity index is 1.08. The lowest BCUT2D eigenvalue weighted by Crippen LogP contribution is -2.42. The smallest absolute Gasteiger partial charge is 0.318 e. The first-order chi connectivity index (χ1) is 27.3. The minimum absolute atomic E-state index is 0.0410. The van der Waals surface area contributed by atoms with Crippen molar-refractivity contribution in [2.75, 3.05) is 26.2 Å². The third-order valence-electron chi connectivity index (χ3n) is 11.7. The van der Waals surface area contributed by atoms with Crippen molar-refractivity contribution in [3.63, 3.8) is 0 Å². The molecule has 4 aromatic rings. The highest BCUT2D eigenvalue weighted by molar-refractivity contribution is 7.90. The van der Waals surface area contributed by atoms with Gasteiger partial charge in [-0.2, -0.15) is 0 Å². The number of benzene rings is 4. The zero-order chi connectivity index (χ0) is 42.0. The van der Waals surface area contributed by atoms with Crippen molar-refractivity contribution in [1.29, 1.82) is 0 Å². The van der Waals surface area contributed by atoms with Gasteiger partial charge in [0.15, 0.2) is 0 Å². The molecule has 0 bridgehead atoms. The van der Waals surface area contributed by atoms with Crippen LogP contribution in [0.15, 0.2) is 97.1 Å². The second-order valence-corrected chi connectivity index (χ2v) is 21.3. The van der Waals surface area contributed by atoms with Crippen molar-refractivity contribution < 1.29 is 30.4 Å². The Bertz CT molecular complexity index is 2100. The van der Waals surface area contributed by atoms with Crippen LogP contribution in [0, 0.1) is 0 Å². The summed E-state index contributed by atoms with van der Waals surface area (Å²) in [5.41, 5.74) is 2.88. The lowest BCUT2D eigenvalue weighted by molar-refractivity contribution is 0.143. The number of carbonyl (C=O) groups excluding carboxylic acids is 1. The number of amides is 2. The SMILES string of the molecule is CC(C)S(=O)(=O)NCC(C)(F)c1ccc(-c2ccc(C3CCCN3C(=O)N3CCCC3c3ccc(-c4ccc(C(C)(F)CNS(=O)(=O)C(C)C)cc4)cc3)cc2)cc1. The summed E-state index contributed by atoms with van der Waals surface area (Å²) >= 11 is 0. The number of likely N-dealkylation sites (tertiary alicyclic amines) is 2. The number of nitrogens with one attached hydrogen (secondary N) is 2. The number of carbonyl (C=O) groups is 1. The number of hydrogen-bond acceptors (Lipinski definition) is 5. The van der Waals surface area contributed by atoms with E-state index in [1.807, 2.05) is 58.3 Å². The van der Waals surface area contributed by atoms with E-state index in [1.165, 1.54) is 13.8 Å². The van der Waals surface area contributed by atoms with Crippen molar-refractivity contribution in [1.82, 2.24) is 19.2 Å². The van der Waals surface area contributed by atoms with Gasteiger partial charge in [-0.15, -0.1) is 0 Å². The molecule has 2 amide bonds. The molecule has 2 N–H and O–H groups in total. The summed E-state index contributed by atoms with van der Waals surface area (Å²) in [4.78, 5) is 18.2. The van der Waals surface area contributed by atoms with E-state index >= 15 is 8.78 Å². The summed E-state index contributed by atoms with van der Waals surface area (Å²) < 4.78 is 84.4. The molecule has 2 aliphatic rings. The van der Waals surface area contributed by atoms with E-state index in [-0.39, 0.29) is 31.2 Å². The van der Waals surface area contributed by atoms with Crippen molar-refractivity contribution >= 4 is 26.1 Å². The Morgan fingerprint density at radius 2 is 0.879 bits per heavy atom. The van der Waals surface area contributed by atoms with Gasteiger partial charge < -0.3 is 9.80 Å². The lowest BCUT2D eigenvalue weighted by Gasteiger charge is -2.33. The van der Waals surface area contributed by atoms with E-state index in [1.54, 1.807) is 52.0 Å². The van der Waals surface area contributed by atoms with Gasteiger partial charge in [-0.3, -0.25) is 0 Å². The highest BCUT2D eigenvalue weighted by Crippen LogP contribution is 2.39. The van der Waals surface area contributed by atoms with E-state index in [0.29, 0.717) is 24.2 Å². The van der Waals surface area contributed by atoms with Gasteiger partial charge in [0.05, 0.1) is 22.6 Å². The molecule has 58 heavy (non-hydrogen) atoms. The Hall–Kier alpha value is -4.17. The molecule has 0 saturated carbocycles. The standard InChI is InChI=1S/C45H56F2N4O5S2/c1-31(2)57(53,54)48-29-44(5,46)39-23-19-35(20-24-39)33-11-15-37(16-12-33)41-9-7-27-50(41)43(52)51-28-8-10-42(51)38-17-13-34(14-18-38)36-21-25-40(26-22-36)45(6,47)30-49-58(55,56)32(3)4/h11-26,31-32,41-42,48-49H,7-10,27-30H2,1-6H3. The zero-order valence-electron chi connectivity index (χ0n) is 34.2. The number of halogens is 2. The summed E-state index contributed by atoms with van der Waals surface area (Å²) in [6.45, 7) is 9.62. The molecule has 2 heterocycles. The fourth-order valence-corrected chi connectivity index (χ4v) is 9.29. The maximum atomic E-state index is 15.5. The largest absolute Gasteiger partial charge is 0.321 e. The van der Waals surface area contributed by atoms with Crippen molar-refractivity contribution in [3.05, 3.63) is 119 Å². The first-order valence-electron chi connectivity index (χ1n) is 20.1. The maximum absolute atomic E-state index is 15.5. The van der Waals surface area contributed by atoms with E-state index < -0.39 is 41.9 Å². The summed E-state index contributed by atoms with van der Waals surface area (Å²) in [6, 6.07) is 30.4. The molecule has 0 radical (unpaired) electrons. The topological polar surface area (TPSA) is 116 Å². The Labute approximate surface area is 343 Å². The summed E-state index contributed by atoms with van der Waals surface area (Å²) in [5.74, 6) is 0.